The zero-order chi connectivity index (χ0) is 27.2. The third kappa shape index (κ3) is 6.64. The van der Waals surface area contributed by atoms with E-state index in [1.54, 1.807) is 24.1 Å². The minimum atomic E-state index is -0.403. The van der Waals surface area contributed by atoms with Crippen molar-refractivity contribution in [2.45, 2.75) is 39.0 Å². The molecule has 10 nitrogen and oxygen atoms in total. The zero-order valence-electron chi connectivity index (χ0n) is 22.2. The van der Waals surface area contributed by atoms with E-state index in [-0.39, 0.29) is 31.9 Å². The fraction of sp³-hybridized carbons (Fsp3) is 0.379. The third-order valence-corrected chi connectivity index (χ3v) is 6.72. The lowest BCUT2D eigenvalue weighted by atomic mass is 10.1. The number of methoxy groups -OCH3 is 1. The molecular formula is C29H33N3O7. The van der Waals surface area contributed by atoms with Crippen LogP contribution in [0.5, 0.6) is 17.2 Å². The average Bonchev–Trinajstić information content (AvgIpc) is 3.70. The van der Waals surface area contributed by atoms with Crippen LogP contribution in [-0.4, -0.2) is 61.4 Å². The standard InChI is InChI=1S/C29H33N3O7/c1-20-9-11-23(39-20)17-31(15-21-10-12-26-27(14-21)38-19-37-26)28(33)18-32(16-22-6-5-13-36-22)29(34)30-24-7-3-4-8-25(24)35-2/h3-4,7-12,14,22H,5-6,13,15-19H2,1-2H3,(H,30,34). The highest BCUT2D eigenvalue weighted by Gasteiger charge is 2.28. The molecule has 2 aromatic carbocycles. The molecule has 1 unspecified atom stereocenters. The number of nitrogens with one attached hydrogen (secondary N) is 1. The van der Waals surface area contributed by atoms with Crippen LogP contribution >= 0.6 is 0 Å². The van der Waals surface area contributed by atoms with Gasteiger partial charge in [0, 0.05) is 19.7 Å². The number of hydrogen-bond donors (Lipinski definition) is 1. The summed E-state index contributed by atoms with van der Waals surface area (Å²) in [5.74, 6) is 3.04. The van der Waals surface area contributed by atoms with E-state index >= 15 is 0 Å². The second-order valence-electron chi connectivity index (χ2n) is 9.60. The summed E-state index contributed by atoms with van der Waals surface area (Å²) >= 11 is 0. The number of nitrogens with zero attached hydrogens (tertiary/aromatic N) is 2. The molecule has 1 aromatic heterocycles. The third-order valence-electron chi connectivity index (χ3n) is 6.72. The van der Waals surface area contributed by atoms with Crippen LogP contribution in [0.1, 0.15) is 29.9 Å². The molecule has 0 saturated carbocycles. The summed E-state index contributed by atoms with van der Waals surface area (Å²) in [4.78, 5) is 30.4. The Morgan fingerprint density at radius 2 is 1.87 bits per heavy atom. The van der Waals surface area contributed by atoms with Gasteiger partial charge < -0.3 is 38.5 Å². The topological polar surface area (TPSA) is 103 Å². The molecule has 2 aliphatic rings. The Labute approximate surface area is 227 Å². The molecular weight excluding hydrogens is 502 g/mol. The minimum absolute atomic E-state index is 0.128. The highest BCUT2D eigenvalue weighted by molar-refractivity contribution is 5.93. The fourth-order valence-corrected chi connectivity index (χ4v) is 4.71. The van der Waals surface area contributed by atoms with Gasteiger partial charge in [0.05, 0.1) is 25.4 Å². The summed E-state index contributed by atoms with van der Waals surface area (Å²) in [5.41, 5.74) is 1.40. The van der Waals surface area contributed by atoms with Crippen molar-refractivity contribution >= 4 is 17.6 Å². The number of urea groups is 1. The number of para-hydroxylation sites is 2. The smallest absolute Gasteiger partial charge is 0.322 e. The lowest BCUT2D eigenvalue weighted by Crippen LogP contribution is -2.46. The largest absolute Gasteiger partial charge is 0.495 e. The van der Waals surface area contributed by atoms with Crippen molar-refractivity contribution in [3.05, 3.63) is 71.7 Å². The number of hydrogen-bond acceptors (Lipinski definition) is 7. The van der Waals surface area contributed by atoms with Gasteiger partial charge in [0.25, 0.3) is 0 Å². The van der Waals surface area contributed by atoms with Crippen LogP contribution in [-0.2, 0) is 22.6 Å². The van der Waals surface area contributed by atoms with E-state index in [1.165, 1.54) is 4.90 Å². The number of carbonyl (C=O) groups excluding carboxylic acids is 2. The molecule has 2 aliphatic heterocycles. The van der Waals surface area contributed by atoms with Gasteiger partial charge in [-0.3, -0.25) is 4.79 Å². The van der Waals surface area contributed by atoms with E-state index < -0.39 is 6.03 Å². The van der Waals surface area contributed by atoms with Crippen LogP contribution < -0.4 is 19.5 Å². The van der Waals surface area contributed by atoms with E-state index in [0.29, 0.717) is 48.4 Å². The van der Waals surface area contributed by atoms with E-state index in [0.717, 1.165) is 24.2 Å². The highest BCUT2D eigenvalue weighted by atomic mass is 16.7. The summed E-state index contributed by atoms with van der Waals surface area (Å²) in [6, 6.07) is 16.1. The molecule has 1 atom stereocenters. The maximum atomic E-state index is 13.8. The minimum Gasteiger partial charge on any atom is -0.495 e. The lowest BCUT2D eigenvalue weighted by Gasteiger charge is -2.29. The molecule has 39 heavy (non-hydrogen) atoms. The Morgan fingerprint density at radius 3 is 2.64 bits per heavy atom. The molecule has 10 heteroatoms. The predicted octanol–water partition coefficient (Wildman–Crippen LogP) is 4.57. The number of benzene rings is 2. The maximum absolute atomic E-state index is 13.8. The second-order valence-corrected chi connectivity index (χ2v) is 9.60. The first-order valence-electron chi connectivity index (χ1n) is 13.0. The number of carbonyl (C=O) groups is 2. The first-order valence-corrected chi connectivity index (χ1v) is 13.0. The molecule has 1 N–H and O–H groups in total. The van der Waals surface area contributed by atoms with Crippen LogP contribution in [0.3, 0.4) is 0 Å². The SMILES string of the molecule is COc1ccccc1NC(=O)N(CC(=O)N(Cc1ccc2c(c1)OCO2)Cc1ccc(C)o1)CC1CCCO1. The van der Waals surface area contributed by atoms with Crippen molar-refractivity contribution in [1.29, 1.82) is 0 Å². The molecule has 0 aliphatic carbocycles. The predicted molar refractivity (Wildman–Crippen MR) is 143 cm³/mol. The van der Waals surface area contributed by atoms with Crippen molar-refractivity contribution < 1.29 is 33.0 Å². The first kappa shape index (κ1) is 26.4. The van der Waals surface area contributed by atoms with Gasteiger partial charge in [-0.15, -0.1) is 0 Å². The summed E-state index contributed by atoms with van der Waals surface area (Å²) in [7, 11) is 1.54. The molecule has 206 valence electrons. The van der Waals surface area contributed by atoms with Crippen LogP contribution in [0.4, 0.5) is 10.5 Å². The van der Waals surface area contributed by atoms with Gasteiger partial charge in [-0.2, -0.15) is 0 Å². The van der Waals surface area contributed by atoms with Crippen LogP contribution in [0.15, 0.2) is 59.0 Å². The maximum Gasteiger partial charge on any atom is 0.322 e. The first-order chi connectivity index (χ1) is 19.0. The highest BCUT2D eigenvalue weighted by Crippen LogP contribution is 2.33. The number of rotatable bonds is 10. The van der Waals surface area contributed by atoms with E-state index in [9.17, 15) is 9.59 Å². The van der Waals surface area contributed by atoms with E-state index in [1.807, 2.05) is 49.4 Å². The number of amides is 3. The summed E-state index contributed by atoms with van der Waals surface area (Å²) in [6.07, 6.45) is 1.63. The van der Waals surface area contributed by atoms with Crippen molar-refractivity contribution in [1.82, 2.24) is 9.80 Å². The van der Waals surface area contributed by atoms with Gasteiger partial charge in [-0.1, -0.05) is 18.2 Å². The summed E-state index contributed by atoms with van der Waals surface area (Å²) in [6.45, 7) is 3.40. The molecule has 0 bridgehead atoms. The fourth-order valence-electron chi connectivity index (χ4n) is 4.71. The second kappa shape index (κ2) is 12.1. The van der Waals surface area contributed by atoms with E-state index in [2.05, 4.69) is 5.32 Å². The number of anilines is 1. The van der Waals surface area contributed by atoms with Crippen molar-refractivity contribution in [2.24, 2.45) is 0 Å². The number of aryl methyl sites for hydroxylation is 1. The van der Waals surface area contributed by atoms with Crippen molar-refractivity contribution in [3.8, 4) is 17.2 Å². The van der Waals surface area contributed by atoms with Gasteiger partial charge in [-0.25, -0.2) is 4.79 Å². The van der Waals surface area contributed by atoms with E-state index in [4.69, 9.17) is 23.4 Å². The monoisotopic (exact) mass is 535 g/mol. The molecule has 1 saturated heterocycles. The Balaban J connectivity index is 1.35. The van der Waals surface area contributed by atoms with Crippen LogP contribution in [0.2, 0.25) is 0 Å². The Morgan fingerprint density at radius 1 is 1.03 bits per heavy atom. The Bertz CT molecular complexity index is 1300. The van der Waals surface area contributed by atoms with Gasteiger partial charge in [0.2, 0.25) is 12.7 Å². The Kier molecular flexibility index (Phi) is 8.21. The van der Waals surface area contributed by atoms with Gasteiger partial charge >= 0.3 is 6.03 Å². The van der Waals surface area contributed by atoms with Crippen molar-refractivity contribution in [2.75, 3.05) is 38.9 Å². The quantitative estimate of drug-likeness (QED) is 0.406. The van der Waals surface area contributed by atoms with Crippen LogP contribution in [0, 0.1) is 6.92 Å². The molecule has 3 amide bonds. The summed E-state index contributed by atoms with van der Waals surface area (Å²) < 4.78 is 27.9. The molecule has 0 spiro atoms. The van der Waals surface area contributed by atoms with Gasteiger partial charge in [0.1, 0.15) is 23.8 Å². The van der Waals surface area contributed by atoms with Crippen molar-refractivity contribution in [3.63, 3.8) is 0 Å². The number of furan rings is 1. The zero-order valence-corrected chi connectivity index (χ0v) is 22.2. The van der Waals surface area contributed by atoms with Gasteiger partial charge in [-0.05, 0) is 61.7 Å². The molecule has 3 heterocycles. The number of ether oxygens (including phenoxy) is 4. The Hall–Kier alpha value is -4.18. The van der Waals surface area contributed by atoms with Crippen LogP contribution in [0.25, 0.3) is 0 Å². The van der Waals surface area contributed by atoms with Gasteiger partial charge in [0.15, 0.2) is 11.5 Å². The number of fused-ring (bicyclic) bond motifs is 1. The molecule has 0 radical (unpaired) electrons. The molecule has 3 aromatic rings. The average molecular weight is 536 g/mol. The molecule has 5 rings (SSSR count). The lowest BCUT2D eigenvalue weighted by molar-refractivity contribution is -0.133. The summed E-state index contributed by atoms with van der Waals surface area (Å²) in [5, 5.41) is 2.90. The normalized spacial score (nSPS) is 15.7. The molecule has 1 fully saturated rings.